The number of carbonyl (C=O) groups excluding carboxylic acids is 3. The molecule has 31 heavy (non-hydrogen) atoms. The molecule has 2 heterocycles. The molecule has 7 nitrogen and oxygen atoms in total. The number of para-hydroxylation sites is 1. The van der Waals surface area contributed by atoms with Crippen LogP contribution in [0.3, 0.4) is 0 Å². The van der Waals surface area contributed by atoms with E-state index in [1.54, 1.807) is 4.90 Å². The molecule has 1 aliphatic rings. The number of urea groups is 1. The van der Waals surface area contributed by atoms with Crippen molar-refractivity contribution < 1.29 is 19.1 Å². The van der Waals surface area contributed by atoms with Gasteiger partial charge in [-0.2, -0.15) is 0 Å². The van der Waals surface area contributed by atoms with E-state index in [0.717, 1.165) is 30.0 Å². The lowest BCUT2D eigenvalue weighted by molar-refractivity contribution is -0.148. The summed E-state index contributed by atoms with van der Waals surface area (Å²) < 4.78 is 7.45. The Morgan fingerprint density at radius 1 is 1.10 bits per heavy atom. The number of amides is 2. The molecule has 166 valence electrons. The number of likely N-dealkylation sites (tertiary alicyclic amines) is 1. The Morgan fingerprint density at radius 2 is 1.77 bits per heavy atom. The van der Waals surface area contributed by atoms with Crippen molar-refractivity contribution >= 4 is 23.5 Å². The molecular formula is C24H31N3O4. The van der Waals surface area contributed by atoms with Crippen molar-refractivity contribution in [2.24, 2.45) is 5.92 Å². The quantitative estimate of drug-likeness (QED) is 0.533. The van der Waals surface area contributed by atoms with Crippen LogP contribution in [0.25, 0.3) is 0 Å². The molecule has 0 aliphatic carbocycles. The number of esters is 1. The van der Waals surface area contributed by atoms with Crippen LogP contribution in [0.5, 0.6) is 0 Å². The average molecular weight is 426 g/mol. The minimum absolute atomic E-state index is 0.171. The first kappa shape index (κ1) is 22.6. The fourth-order valence-electron chi connectivity index (χ4n) is 4.03. The molecule has 0 bridgehead atoms. The Labute approximate surface area is 183 Å². The summed E-state index contributed by atoms with van der Waals surface area (Å²) in [6.07, 6.45) is 2.04. The highest BCUT2D eigenvalue weighted by Gasteiger charge is 2.29. The fraction of sp³-hybridized carbons (Fsp3) is 0.458. The number of nitrogens with one attached hydrogen (secondary N) is 1. The second kappa shape index (κ2) is 10.3. The number of benzene rings is 1. The zero-order chi connectivity index (χ0) is 22.4. The normalized spacial score (nSPS) is 14.4. The highest BCUT2D eigenvalue weighted by atomic mass is 16.5. The average Bonchev–Trinajstić information content (AvgIpc) is 3.06. The van der Waals surface area contributed by atoms with Gasteiger partial charge < -0.3 is 19.5 Å². The number of ketones is 1. The van der Waals surface area contributed by atoms with Gasteiger partial charge in [0, 0.05) is 42.3 Å². The number of carbonyl (C=O) groups is 3. The fourth-order valence-corrected chi connectivity index (χ4v) is 4.03. The number of piperidine rings is 1. The Hall–Kier alpha value is -3.09. The van der Waals surface area contributed by atoms with Gasteiger partial charge >= 0.3 is 12.0 Å². The van der Waals surface area contributed by atoms with Crippen molar-refractivity contribution in [2.45, 2.75) is 46.6 Å². The monoisotopic (exact) mass is 425 g/mol. The first-order valence-corrected chi connectivity index (χ1v) is 10.9. The van der Waals surface area contributed by atoms with Crippen LogP contribution in [0.15, 0.2) is 36.4 Å². The molecular weight excluding hydrogens is 394 g/mol. The van der Waals surface area contributed by atoms with Crippen LogP contribution in [-0.2, 0) is 16.1 Å². The third-order valence-electron chi connectivity index (χ3n) is 5.81. The van der Waals surface area contributed by atoms with E-state index in [0.29, 0.717) is 31.5 Å². The van der Waals surface area contributed by atoms with Gasteiger partial charge in [-0.25, -0.2) is 4.79 Å². The van der Waals surface area contributed by atoms with Crippen molar-refractivity contribution in [1.29, 1.82) is 0 Å². The number of Topliss-reactive ketones (excluding diaryl/α,β-unsaturated/α-hetero) is 1. The van der Waals surface area contributed by atoms with Gasteiger partial charge in [0.25, 0.3) is 0 Å². The van der Waals surface area contributed by atoms with E-state index in [-0.39, 0.29) is 30.3 Å². The molecule has 1 aromatic carbocycles. The van der Waals surface area contributed by atoms with E-state index in [1.165, 1.54) is 0 Å². The van der Waals surface area contributed by atoms with Crippen molar-refractivity contribution in [1.82, 2.24) is 9.47 Å². The second-order valence-corrected chi connectivity index (χ2v) is 8.02. The van der Waals surface area contributed by atoms with E-state index < -0.39 is 0 Å². The summed E-state index contributed by atoms with van der Waals surface area (Å²) in [4.78, 5) is 39.1. The third-order valence-corrected chi connectivity index (χ3v) is 5.81. The van der Waals surface area contributed by atoms with Crippen LogP contribution in [0, 0.1) is 19.8 Å². The molecule has 1 saturated heterocycles. The van der Waals surface area contributed by atoms with Gasteiger partial charge in [-0.1, -0.05) is 25.1 Å². The molecule has 7 heteroatoms. The number of anilines is 1. The molecule has 0 radical (unpaired) electrons. The molecule has 1 fully saturated rings. The number of rotatable bonds is 7. The van der Waals surface area contributed by atoms with Crippen LogP contribution in [0.4, 0.5) is 10.5 Å². The number of hydrogen-bond acceptors (Lipinski definition) is 4. The van der Waals surface area contributed by atoms with Gasteiger partial charge in [0.05, 0.1) is 5.92 Å². The summed E-state index contributed by atoms with van der Waals surface area (Å²) in [7, 11) is 0. The second-order valence-electron chi connectivity index (χ2n) is 8.02. The Morgan fingerprint density at radius 3 is 2.42 bits per heavy atom. The summed E-state index contributed by atoms with van der Waals surface area (Å²) in [6, 6.07) is 11.0. The van der Waals surface area contributed by atoms with Gasteiger partial charge in [-0.05, 0) is 51.3 Å². The van der Waals surface area contributed by atoms with Gasteiger partial charge in [0.1, 0.15) is 0 Å². The summed E-state index contributed by atoms with van der Waals surface area (Å²) in [5.74, 6) is -0.830. The molecule has 2 amide bonds. The number of ether oxygens (including phenoxy) is 1. The highest BCUT2D eigenvalue weighted by molar-refractivity contribution is 5.99. The highest BCUT2D eigenvalue weighted by Crippen LogP contribution is 2.21. The van der Waals surface area contributed by atoms with Gasteiger partial charge in [0.2, 0.25) is 5.78 Å². The predicted molar refractivity (Wildman–Crippen MR) is 119 cm³/mol. The Bertz CT molecular complexity index is 928. The van der Waals surface area contributed by atoms with E-state index in [1.807, 2.05) is 50.2 Å². The topological polar surface area (TPSA) is 80.6 Å². The van der Waals surface area contributed by atoms with Gasteiger partial charge in [0.15, 0.2) is 6.61 Å². The van der Waals surface area contributed by atoms with E-state index in [4.69, 9.17) is 4.74 Å². The van der Waals surface area contributed by atoms with E-state index in [9.17, 15) is 14.4 Å². The summed E-state index contributed by atoms with van der Waals surface area (Å²) in [5.41, 5.74) is 3.31. The molecule has 1 aromatic heterocycles. The van der Waals surface area contributed by atoms with Crippen LogP contribution in [0.2, 0.25) is 0 Å². The zero-order valence-electron chi connectivity index (χ0n) is 18.5. The van der Waals surface area contributed by atoms with Crippen molar-refractivity contribution in [3.8, 4) is 0 Å². The lowest BCUT2D eigenvalue weighted by Gasteiger charge is -2.30. The molecule has 1 aliphatic heterocycles. The maximum Gasteiger partial charge on any atom is 0.321 e. The molecule has 1 N–H and O–H groups in total. The van der Waals surface area contributed by atoms with Crippen LogP contribution in [0.1, 0.15) is 47.9 Å². The molecule has 3 rings (SSSR count). The maximum absolute atomic E-state index is 12.6. The lowest BCUT2D eigenvalue weighted by atomic mass is 9.97. The number of nitrogens with zero attached hydrogens (tertiary/aromatic N) is 2. The molecule has 0 unspecified atom stereocenters. The van der Waals surface area contributed by atoms with Crippen molar-refractivity contribution in [2.75, 3.05) is 25.0 Å². The number of aromatic nitrogens is 1. The van der Waals surface area contributed by atoms with Gasteiger partial charge in [-0.15, -0.1) is 0 Å². The molecule has 0 atom stereocenters. The van der Waals surface area contributed by atoms with E-state index >= 15 is 0 Å². The smallest absolute Gasteiger partial charge is 0.321 e. The standard InChI is InChI=1S/C24H31N3O4/c1-4-12-27-17(2)15-21(18(27)3)22(28)16-31-23(29)19-10-13-26(14-11-19)24(30)25-20-8-6-5-7-9-20/h5-9,15,19H,4,10-14,16H2,1-3H3,(H,25,30). The third kappa shape index (κ3) is 5.54. The first-order chi connectivity index (χ1) is 14.9. The summed E-state index contributed by atoms with van der Waals surface area (Å²) >= 11 is 0. The largest absolute Gasteiger partial charge is 0.457 e. The van der Waals surface area contributed by atoms with E-state index in [2.05, 4.69) is 16.8 Å². The lowest BCUT2D eigenvalue weighted by Crippen LogP contribution is -2.42. The molecule has 2 aromatic rings. The van der Waals surface area contributed by atoms with Crippen LogP contribution >= 0.6 is 0 Å². The van der Waals surface area contributed by atoms with Crippen molar-refractivity contribution in [3.05, 3.63) is 53.3 Å². The first-order valence-electron chi connectivity index (χ1n) is 10.9. The predicted octanol–water partition coefficient (Wildman–Crippen LogP) is 4.18. The van der Waals surface area contributed by atoms with Crippen LogP contribution < -0.4 is 5.32 Å². The minimum Gasteiger partial charge on any atom is -0.457 e. The number of aryl methyl sites for hydroxylation is 1. The minimum atomic E-state index is -0.362. The molecule has 0 spiro atoms. The Kier molecular flexibility index (Phi) is 7.50. The summed E-state index contributed by atoms with van der Waals surface area (Å²) in [6.45, 7) is 7.57. The molecule has 0 saturated carbocycles. The van der Waals surface area contributed by atoms with Crippen molar-refractivity contribution in [3.63, 3.8) is 0 Å². The summed E-state index contributed by atoms with van der Waals surface area (Å²) in [5, 5.41) is 2.86. The van der Waals surface area contributed by atoms with Gasteiger partial charge in [-0.3, -0.25) is 9.59 Å². The Balaban J connectivity index is 1.46. The maximum atomic E-state index is 12.6. The zero-order valence-corrected chi connectivity index (χ0v) is 18.5. The van der Waals surface area contributed by atoms with Crippen LogP contribution in [-0.4, -0.2) is 46.9 Å². The SMILES string of the molecule is CCCn1c(C)cc(C(=O)COC(=O)C2CCN(C(=O)Nc3ccccc3)CC2)c1C. The number of hydrogen-bond donors (Lipinski definition) is 1.